The van der Waals surface area contributed by atoms with E-state index in [-0.39, 0.29) is 5.69 Å². The summed E-state index contributed by atoms with van der Waals surface area (Å²) < 4.78 is 0. The van der Waals surface area contributed by atoms with Crippen molar-refractivity contribution >= 4 is 23.7 Å². The van der Waals surface area contributed by atoms with Gasteiger partial charge in [0.05, 0.1) is 0 Å². The zero-order valence-electron chi connectivity index (χ0n) is 11.2. The van der Waals surface area contributed by atoms with Gasteiger partial charge in [0.1, 0.15) is 0 Å². The minimum atomic E-state index is -1.01. The van der Waals surface area contributed by atoms with Crippen molar-refractivity contribution in [3.63, 3.8) is 0 Å². The van der Waals surface area contributed by atoms with E-state index >= 15 is 0 Å². The number of anilines is 1. The van der Waals surface area contributed by atoms with E-state index in [1.165, 1.54) is 12.5 Å². The van der Waals surface area contributed by atoms with E-state index in [9.17, 15) is 4.79 Å². The van der Waals surface area contributed by atoms with Crippen LogP contribution < -0.4 is 5.32 Å². The van der Waals surface area contributed by atoms with Crippen molar-refractivity contribution in [2.45, 2.75) is 44.4 Å². The van der Waals surface area contributed by atoms with Crippen molar-refractivity contribution in [1.82, 2.24) is 9.97 Å². The Kier molecular flexibility index (Phi) is 4.63. The van der Waals surface area contributed by atoms with E-state index in [0.717, 1.165) is 18.6 Å². The molecule has 6 heteroatoms. The average Bonchev–Trinajstić information content (AvgIpc) is 2.76. The third-order valence-corrected chi connectivity index (χ3v) is 4.43. The highest BCUT2D eigenvalue weighted by molar-refractivity contribution is 7.99. The number of aryl methyl sites for hydroxylation is 1. The van der Waals surface area contributed by atoms with Crippen molar-refractivity contribution in [1.29, 1.82) is 0 Å². The molecular formula is C13H19N3O2S. The van der Waals surface area contributed by atoms with Crippen molar-refractivity contribution in [3.05, 3.63) is 17.5 Å². The Labute approximate surface area is 117 Å². The fourth-order valence-corrected chi connectivity index (χ4v) is 3.53. The minimum absolute atomic E-state index is 0.0486. The Bertz CT molecular complexity index is 467. The van der Waals surface area contributed by atoms with Gasteiger partial charge in [-0.3, -0.25) is 0 Å². The molecule has 104 valence electrons. The van der Waals surface area contributed by atoms with Gasteiger partial charge in [-0.15, -0.1) is 0 Å². The van der Waals surface area contributed by atoms with Gasteiger partial charge < -0.3 is 10.4 Å². The van der Waals surface area contributed by atoms with Gasteiger partial charge in [-0.1, -0.05) is 6.92 Å². The van der Waals surface area contributed by atoms with Gasteiger partial charge in [-0.05, 0) is 38.0 Å². The lowest BCUT2D eigenvalue weighted by Gasteiger charge is -2.13. The molecule has 1 saturated carbocycles. The van der Waals surface area contributed by atoms with E-state index in [1.807, 2.05) is 11.8 Å². The van der Waals surface area contributed by atoms with Crippen LogP contribution in [-0.4, -0.2) is 38.1 Å². The number of carboxylic acids is 1. The standard InChI is InChI=1S/C13H19N3O2S/c1-3-19-10-5-4-9(7-10)15-13-14-8(2)6-11(16-13)12(17)18/h6,9-10H,3-5,7H2,1-2H3,(H,17,18)(H,14,15,16). The summed E-state index contributed by atoms with van der Waals surface area (Å²) in [4.78, 5) is 19.3. The molecule has 1 aromatic heterocycles. The molecule has 0 saturated heterocycles. The number of hydrogen-bond acceptors (Lipinski definition) is 5. The summed E-state index contributed by atoms with van der Waals surface area (Å²) in [5.74, 6) is 0.561. The maximum Gasteiger partial charge on any atom is 0.354 e. The molecule has 2 unspecified atom stereocenters. The lowest BCUT2D eigenvalue weighted by Crippen LogP contribution is -2.19. The van der Waals surface area contributed by atoms with Crippen LogP contribution in [-0.2, 0) is 0 Å². The Morgan fingerprint density at radius 3 is 3.00 bits per heavy atom. The highest BCUT2D eigenvalue weighted by atomic mass is 32.2. The first-order chi connectivity index (χ1) is 9.08. The third kappa shape index (κ3) is 3.83. The topological polar surface area (TPSA) is 75.1 Å². The van der Waals surface area contributed by atoms with Gasteiger partial charge in [0, 0.05) is 17.0 Å². The summed E-state index contributed by atoms with van der Waals surface area (Å²) in [6, 6.07) is 1.84. The largest absolute Gasteiger partial charge is 0.477 e. The number of nitrogens with one attached hydrogen (secondary N) is 1. The van der Waals surface area contributed by atoms with Crippen molar-refractivity contribution in [2.75, 3.05) is 11.1 Å². The number of thioether (sulfide) groups is 1. The van der Waals surface area contributed by atoms with Crippen LogP contribution >= 0.6 is 11.8 Å². The second kappa shape index (κ2) is 6.23. The fraction of sp³-hybridized carbons (Fsp3) is 0.615. The zero-order chi connectivity index (χ0) is 13.8. The maximum atomic E-state index is 11.0. The van der Waals surface area contributed by atoms with E-state index < -0.39 is 5.97 Å². The molecule has 2 atom stereocenters. The molecule has 0 amide bonds. The molecular weight excluding hydrogens is 262 g/mol. The average molecular weight is 281 g/mol. The first-order valence-electron chi connectivity index (χ1n) is 6.55. The van der Waals surface area contributed by atoms with Crippen LogP contribution in [0.4, 0.5) is 5.95 Å². The predicted molar refractivity (Wildman–Crippen MR) is 76.9 cm³/mol. The second-order valence-electron chi connectivity index (χ2n) is 4.75. The summed E-state index contributed by atoms with van der Waals surface area (Å²) >= 11 is 1.99. The summed E-state index contributed by atoms with van der Waals surface area (Å²) in [5, 5.41) is 13.0. The molecule has 5 nitrogen and oxygen atoms in total. The van der Waals surface area contributed by atoms with E-state index in [0.29, 0.717) is 22.9 Å². The maximum absolute atomic E-state index is 11.0. The zero-order valence-corrected chi connectivity index (χ0v) is 12.0. The predicted octanol–water partition coefficient (Wildman–Crippen LogP) is 2.57. The molecule has 1 aromatic rings. The van der Waals surface area contributed by atoms with Crippen LogP contribution in [0.1, 0.15) is 42.4 Å². The minimum Gasteiger partial charge on any atom is -0.477 e. The molecule has 0 bridgehead atoms. The van der Waals surface area contributed by atoms with Gasteiger partial charge in [0.2, 0.25) is 5.95 Å². The number of aromatic nitrogens is 2. The smallest absolute Gasteiger partial charge is 0.354 e. The van der Waals surface area contributed by atoms with E-state index in [2.05, 4.69) is 22.2 Å². The Morgan fingerprint density at radius 1 is 1.53 bits per heavy atom. The lowest BCUT2D eigenvalue weighted by molar-refractivity contribution is 0.0690. The first kappa shape index (κ1) is 14.1. The first-order valence-corrected chi connectivity index (χ1v) is 7.60. The number of rotatable bonds is 5. The fourth-order valence-electron chi connectivity index (χ4n) is 2.38. The van der Waals surface area contributed by atoms with Crippen LogP contribution in [0.25, 0.3) is 0 Å². The Balaban J connectivity index is 2.01. The number of carbonyl (C=O) groups is 1. The van der Waals surface area contributed by atoms with Crippen molar-refractivity contribution in [2.24, 2.45) is 0 Å². The normalized spacial score (nSPS) is 22.4. The SMILES string of the molecule is CCSC1CCC(Nc2nc(C)cc(C(=O)O)n2)C1. The molecule has 19 heavy (non-hydrogen) atoms. The molecule has 1 aliphatic rings. The van der Waals surface area contributed by atoms with Crippen LogP contribution in [0, 0.1) is 6.92 Å². The van der Waals surface area contributed by atoms with E-state index in [4.69, 9.17) is 5.11 Å². The quantitative estimate of drug-likeness (QED) is 0.864. The van der Waals surface area contributed by atoms with Gasteiger partial charge in [-0.25, -0.2) is 14.8 Å². The highest BCUT2D eigenvalue weighted by Gasteiger charge is 2.25. The van der Waals surface area contributed by atoms with E-state index in [1.54, 1.807) is 6.92 Å². The van der Waals surface area contributed by atoms with Crippen LogP contribution in [0.2, 0.25) is 0 Å². The summed E-state index contributed by atoms with van der Waals surface area (Å²) in [6.07, 6.45) is 3.39. The highest BCUT2D eigenvalue weighted by Crippen LogP contribution is 2.31. The molecule has 0 aliphatic heterocycles. The molecule has 2 rings (SSSR count). The number of hydrogen-bond donors (Lipinski definition) is 2. The number of carboxylic acid groups (broad SMARTS) is 1. The Hall–Kier alpha value is -1.30. The van der Waals surface area contributed by atoms with Crippen LogP contribution in [0.3, 0.4) is 0 Å². The molecule has 1 aliphatic carbocycles. The molecule has 2 N–H and O–H groups in total. The number of nitrogens with zero attached hydrogens (tertiary/aromatic N) is 2. The van der Waals surface area contributed by atoms with Gasteiger partial charge in [0.25, 0.3) is 0 Å². The molecule has 0 radical (unpaired) electrons. The van der Waals surface area contributed by atoms with Crippen molar-refractivity contribution in [3.8, 4) is 0 Å². The van der Waals surface area contributed by atoms with Crippen LogP contribution in [0.15, 0.2) is 6.07 Å². The second-order valence-corrected chi connectivity index (χ2v) is 6.33. The van der Waals surface area contributed by atoms with Gasteiger partial charge in [0.15, 0.2) is 5.69 Å². The van der Waals surface area contributed by atoms with Gasteiger partial charge in [-0.2, -0.15) is 11.8 Å². The Morgan fingerprint density at radius 2 is 2.32 bits per heavy atom. The molecule has 0 spiro atoms. The molecule has 0 aromatic carbocycles. The monoisotopic (exact) mass is 281 g/mol. The molecule has 1 fully saturated rings. The van der Waals surface area contributed by atoms with Crippen molar-refractivity contribution < 1.29 is 9.90 Å². The summed E-state index contributed by atoms with van der Waals surface area (Å²) in [5.41, 5.74) is 0.722. The third-order valence-electron chi connectivity index (χ3n) is 3.19. The number of aromatic carboxylic acids is 1. The molecule has 1 heterocycles. The van der Waals surface area contributed by atoms with Crippen LogP contribution in [0.5, 0.6) is 0 Å². The summed E-state index contributed by atoms with van der Waals surface area (Å²) in [7, 11) is 0. The summed E-state index contributed by atoms with van der Waals surface area (Å²) in [6.45, 7) is 3.96. The lowest BCUT2D eigenvalue weighted by atomic mass is 10.2. The van der Waals surface area contributed by atoms with Gasteiger partial charge >= 0.3 is 5.97 Å².